The van der Waals surface area contributed by atoms with Crippen molar-refractivity contribution in [3.05, 3.63) is 0 Å². The highest BCUT2D eigenvalue weighted by Gasteiger charge is 2.39. The molecule has 2 saturated carbocycles. The van der Waals surface area contributed by atoms with E-state index in [1.54, 1.807) is 0 Å². The Morgan fingerprint density at radius 1 is 0.700 bits per heavy atom. The van der Waals surface area contributed by atoms with Crippen LogP contribution in [0.3, 0.4) is 0 Å². The fourth-order valence-corrected chi connectivity index (χ4v) is 7.36. The number of hydrogen-bond donors (Lipinski definition) is 6. The Labute approximate surface area is 189 Å². The van der Waals surface area contributed by atoms with Crippen molar-refractivity contribution < 1.29 is 42.9 Å². The Balaban J connectivity index is 0.000000424. The first-order chi connectivity index (χ1) is 14.1. The quantitative estimate of drug-likeness (QED) is 0.191. The summed E-state index contributed by atoms with van der Waals surface area (Å²) in [7, 11) is -3.89. The number of aliphatic hydroxyl groups excluding tert-OH is 4. The van der Waals surface area contributed by atoms with Gasteiger partial charge in [-0.2, -0.15) is 0 Å². The molecule has 2 fully saturated rings. The standard InChI is InChI=1S/C12H24O5P2S2.C5H12O4/c13-18(17-19(14,20)21,15-11-7-3-1-4-8-11)16-12-9-5-2-6-10-12;6-1-5(2-7,3-8)4-9/h11-12H,1-10H2,(H2,14,20,21);6-9H,1-4H2. The first kappa shape index (κ1) is 28.9. The Morgan fingerprint density at radius 2 is 1.03 bits per heavy atom. The van der Waals surface area contributed by atoms with Gasteiger partial charge in [0.2, 0.25) is 0 Å². The molecule has 0 bridgehead atoms. The van der Waals surface area contributed by atoms with Gasteiger partial charge in [0.25, 0.3) is 0 Å². The second-order valence-electron chi connectivity index (χ2n) is 7.88. The first-order valence-corrected chi connectivity index (χ1v) is 15.7. The zero-order valence-corrected chi connectivity index (χ0v) is 20.8. The van der Waals surface area contributed by atoms with Crippen molar-refractivity contribution in [3.63, 3.8) is 0 Å². The third-order valence-electron chi connectivity index (χ3n) is 5.21. The van der Waals surface area contributed by atoms with Gasteiger partial charge in [-0.15, -0.1) is 0 Å². The summed E-state index contributed by atoms with van der Waals surface area (Å²) < 4.78 is 40.7. The maximum atomic E-state index is 12.8. The van der Waals surface area contributed by atoms with E-state index in [2.05, 4.69) is 24.5 Å². The number of rotatable bonds is 10. The molecule has 0 radical (unpaired) electrons. The van der Waals surface area contributed by atoms with E-state index in [4.69, 9.17) is 33.8 Å². The Morgan fingerprint density at radius 3 is 1.27 bits per heavy atom. The number of phosphoric ester groups is 1. The minimum absolute atomic E-state index is 0.165. The summed E-state index contributed by atoms with van der Waals surface area (Å²) in [6.07, 6.45) is 9.42. The van der Waals surface area contributed by atoms with Crippen LogP contribution in [0.1, 0.15) is 64.2 Å². The van der Waals surface area contributed by atoms with Gasteiger partial charge >= 0.3 is 13.6 Å². The topological polar surface area (TPSA) is 143 Å². The molecule has 0 aromatic carbocycles. The molecule has 0 atom stereocenters. The summed E-state index contributed by atoms with van der Waals surface area (Å²) in [5, 5.41) is 34.0. The fourth-order valence-electron chi connectivity index (χ4n) is 3.20. The molecule has 13 heteroatoms. The van der Waals surface area contributed by atoms with Gasteiger partial charge in [-0.25, -0.2) is 8.88 Å². The van der Waals surface area contributed by atoms with E-state index in [1.165, 1.54) is 0 Å². The molecular weight excluding hydrogens is 474 g/mol. The summed E-state index contributed by atoms with van der Waals surface area (Å²) in [5.74, 6) is -3.55. The maximum Gasteiger partial charge on any atom is 0.482 e. The molecule has 2 aliphatic rings. The van der Waals surface area contributed by atoms with E-state index in [9.17, 15) is 9.13 Å². The maximum absolute atomic E-state index is 12.8. The second kappa shape index (κ2) is 14.2. The zero-order valence-electron chi connectivity index (χ0n) is 17.2. The van der Waals surface area contributed by atoms with Crippen LogP contribution >= 0.6 is 38.1 Å². The number of hydrogen-bond acceptors (Lipinski definition) is 9. The van der Waals surface area contributed by atoms with E-state index in [-0.39, 0.29) is 12.2 Å². The molecule has 0 aromatic heterocycles. The first-order valence-electron chi connectivity index (χ1n) is 10.3. The van der Waals surface area contributed by atoms with Gasteiger partial charge in [-0.05, 0) is 25.7 Å². The van der Waals surface area contributed by atoms with E-state index in [0.29, 0.717) is 0 Å². The Kier molecular flexibility index (Phi) is 13.7. The number of aliphatic hydroxyl groups is 4. The van der Waals surface area contributed by atoms with Crippen LogP contribution in [0, 0.1) is 5.41 Å². The third kappa shape index (κ3) is 11.1. The minimum atomic E-state index is -3.89. The molecule has 2 aliphatic carbocycles. The molecule has 2 rings (SSSR count). The van der Waals surface area contributed by atoms with E-state index < -0.39 is 45.4 Å². The van der Waals surface area contributed by atoms with Crippen molar-refractivity contribution in [2.45, 2.75) is 76.4 Å². The molecule has 30 heavy (non-hydrogen) atoms. The molecular formula is C17H36O9P2S2. The van der Waals surface area contributed by atoms with Crippen molar-refractivity contribution >= 4 is 38.1 Å². The lowest BCUT2D eigenvalue weighted by Gasteiger charge is -2.30. The highest BCUT2D eigenvalue weighted by molar-refractivity contribution is 8.79. The van der Waals surface area contributed by atoms with E-state index in [0.717, 1.165) is 64.2 Å². The van der Waals surface area contributed by atoms with Gasteiger partial charge < -0.3 is 20.4 Å². The van der Waals surface area contributed by atoms with Gasteiger partial charge in [0.1, 0.15) is 0 Å². The SMILES string of the molecule is O=P(S)(S)OP(=O)(OC1CCCCC1)OC1CCCCC1.OCC(CO)(CO)CO. The monoisotopic (exact) mass is 510 g/mol. The highest BCUT2D eigenvalue weighted by Crippen LogP contribution is 2.71. The highest BCUT2D eigenvalue weighted by atomic mass is 33.1. The van der Waals surface area contributed by atoms with Gasteiger partial charge in [0.15, 0.2) is 0 Å². The van der Waals surface area contributed by atoms with Crippen LogP contribution < -0.4 is 0 Å². The predicted molar refractivity (Wildman–Crippen MR) is 121 cm³/mol. The van der Waals surface area contributed by atoms with Crippen LogP contribution in [-0.4, -0.2) is 59.1 Å². The molecule has 9 nitrogen and oxygen atoms in total. The fraction of sp³-hybridized carbons (Fsp3) is 1.00. The lowest BCUT2D eigenvalue weighted by Crippen LogP contribution is -2.37. The largest absolute Gasteiger partial charge is 0.482 e. The zero-order chi connectivity index (χ0) is 22.7. The summed E-state index contributed by atoms with van der Waals surface area (Å²) >= 11 is 7.50. The smallest absolute Gasteiger partial charge is 0.396 e. The van der Waals surface area contributed by atoms with Crippen LogP contribution in [-0.2, 0) is 22.5 Å². The molecule has 180 valence electrons. The summed E-state index contributed by atoms with van der Waals surface area (Å²) in [4.78, 5) is 0. The summed E-state index contributed by atoms with van der Waals surface area (Å²) in [5.41, 5.74) is -1.11. The van der Waals surface area contributed by atoms with Crippen molar-refractivity contribution in [1.29, 1.82) is 0 Å². The van der Waals surface area contributed by atoms with Crippen molar-refractivity contribution in [1.82, 2.24) is 0 Å². The lowest BCUT2D eigenvalue weighted by atomic mass is 9.93. The molecule has 0 aliphatic heterocycles. The van der Waals surface area contributed by atoms with Crippen molar-refractivity contribution in [2.24, 2.45) is 5.41 Å². The molecule has 0 spiro atoms. The molecule has 0 unspecified atom stereocenters. The van der Waals surface area contributed by atoms with Crippen LogP contribution in [0.5, 0.6) is 0 Å². The molecule has 4 N–H and O–H groups in total. The van der Waals surface area contributed by atoms with Crippen molar-refractivity contribution in [3.8, 4) is 0 Å². The second-order valence-corrected chi connectivity index (χ2v) is 14.9. The van der Waals surface area contributed by atoms with Gasteiger partial charge in [-0.3, -0.25) is 13.6 Å². The number of phosphoric acid groups is 1. The molecule has 0 aromatic rings. The van der Waals surface area contributed by atoms with Crippen LogP contribution in [0.4, 0.5) is 0 Å². The predicted octanol–water partition coefficient (Wildman–Crippen LogP) is 3.72. The van der Waals surface area contributed by atoms with Gasteiger partial charge in [-0.1, -0.05) is 63.0 Å². The lowest BCUT2D eigenvalue weighted by molar-refractivity contribution is -0.0328. The third-order valence-corrected chi connectivity index (χ3v) is 9.29. The average Bonchev–Trinajstić information content (AvgIpc) is 2.70. The van der Waals surface area contributed by atoms with E-state index >= 15 is 0 Å². The molecule has 0 amide bonds. The summed E-state index contributed by atoms with van der Waals surface area (Å²) in [6, 6.07) is 0. The minimum Gasteiger partial charge on any atom is -0.396 e. The normalized spacial score (nSPS) is 19.9. The molecule has 0 heterocycles. The van der Waals surface area contributed by atoms with E-state index in [1.807, 2.05) is 0 Å². The number of thiol groups is 2. The van der Waals surface area contributed by atoms with Crippen LogP contribution in [0.15, 0.2) is 0 Å². The average molecular weight is 511 g/mol. The summed E-state index contributed by atoms with van der Waals surface area (Å²) in [6.45, 7) is -1.62. The van der Waals surface area contributed by atoms with Gasteiger partial charge in [0, 0.05) is 0 Å². The molecule has 0 saturated heterocycles. The Bertz CT molecular complexity index is 518. The van der Waals surface area contributed by atoms with Crippen molar-refractivity contribution in [2.75, 3.05) is 26.4 Å². The van der Waals surface area contributed by atoms with Gasteiger partial charge in [0.05, 0.1) is 44.1 Å². The van der Waals surface area contributed by atoms with Crippen LogP contribution in [0.2, 0.25) is 0 Å². The van der Waals surface area contributed by atoms with Crippen LogP contribution in [0.25, 0.3) is 0 Å². The Hall–Kier alpha value is 0.880.